The number of ketones is 1. The number of halogens is 2. The van der Waals surface area contributed by atoms with Crippen molar-refractivity contribution in [2.75, 3.05) is 13.7 Å². The first kappa shape index (κ1) is 20.5. The number of rotatable bonds is 7. The van der Waals surface area contributed by atoms with Gasteiger partial charge in [-0.3, -0.25) is 4.79 Å². The predicted octanol–water partition coefficient (Wildman–Crippen LogP) is 4.08. The number of hydrogen-bond acceptors (Lipinski definition) is 5. The minimum absolute atomic E-state index is 0.0202. The van der Waals surface area contributed by atoms with E-state index in [1.807, 2.05) is 30.3 Å². The fourth-order valence-electron chi connectivity index (χ4n) is 2.77. The third-order valence-corrected chi connectivity index (χ3v) is 4.64. The number of methoxy groups -OCH3 is 1. The fourth-order valence-corrected chi connectivity index (χ4v) is 3.08. The molecule has 0 spiro atoms. The van der Waals surface area contributed by atoms with Crippen LogP contribution in [0.1, 0.15) is 32.0 Å². The van der Waals surface area contributed by atoms with Crippen molar-refractivity contribution in [3.8, 4) is 5.75 Å². The molecule has 0 N–H and O–H groups in total. The van der Waals surface area contributed by atoms with Crippen LogP contribution in [-0.2, 0) is 11.3 Å². The van der Waals surface area contributed by atoms with Crippen molar-refractivity contribution in [2.24, 2.45) is 0 Å². The molecule has 0 aliphatic rings. The second kappa shape index (κ2) is 8.87. The van der Waals surface area contributed by atoms with Crippen molar-refractivity contribution in [3.05, 3.63) is 81.9 Å². The van der Waals surface area contributed by atoms with Crippen molar-refractivity contribution >= 4 is 23.4 Å². The lowest BCUT2D eigenvalue weighted by atomic mass is 10.1. The van der Waals surface area contributed by atoms with Crippen LogP contribution in [0.3, 0.4) is 0 Å². The summed E-state index contributed by atoms with van der Waals surface area (Å²) in [5.74, 6) is -1.97. The number of Topliss-reactive ketones (excluding diaryl/α,β-unsaturated/α-hetero) is 1. The summed E-state index contributed by atoms with van der Waals surface area (Å²) in [6, 6.07) is 13.3. The maximum Gasteiger partial charge on any atom is 0.343 e. The molecule has 2 aromatic carbocycles. The molecular formula is C21H18ClFN2O4. The van der Waals surface area contributed by atoms with Gasteiger partial charge in [-0.2, -0.15) is 5.10 Å². The highest BCUT2D eigenvalue weighted by molar-refractivity contribution is 6.32. The summed E-state index contributed by atoms with van der Waals surface area (Å²) in [6.45, 7) is 1.47. The third-order valence-electron chi connectivity index (χ3n) is 4.25. The van der Waals surface area contributed by atoms with Crippen LogP contribution in [0.15, 0.2) is 48.5 Å². The molecule has 0 saturated carbocycles. The lowest BCUT2D eigenvalue weighted by Gasteiger charge is -2.07. The minimum Gasteiger partial charge on any atom is -0.494 e. The molecule has 29 heavy (non-hydrogen) atoms. The second-order valence-electron chi connectivity index (χ2n) is 6.24. The van der Waals surface area contributed by atoms with Crippen molar-refractivity contribution < 1.29 is 23.5 Å². The summed E-state index contributed by atoms with van der Waals surface area (Å²) >= 11 is 6.31. The summed E-state index contributed by atoms with van der Waals surface area (Å²) in [4.78, 5) is 24.7. The molecule has 0 fully saturated rings. The molecule has 0 atom stereocenters. The zero-order valence-corrected chi connectivity index (χ0v) is 16.6. The monoisotopic (exact) mass is 416 g/mol. The maximum atomic E-state index is 13.7. The molecule has 3 rings (SSSR count). The molecule has 1 heterocycles. The van der Waals surface area contributed by atoms with Crippen LogP contribution < -0.4 is 4.74 Å². The van der Waals surface area contributed by atoms with E-state index in [2.05, 4.69) is 5.10 Å². The van der Waals surface area contributed by atoms with Gasteiger partial charge in [0.1, 0.15) is 10.7 Å². The maximum absolute atomic E-state index is 13.7. The molecule has 0 aliphatic heterocycles. The number of esters is 1. The average molecular weight is 417 g/mol. The topological polar surface area (TPSA) is 70.4 Å². The summed E-state index contributed by atoms with van der Waals surface area (Å²) in [6.07, 6.45) is 0. The number of hydrogen-bond donors (Lipinski definition) is 0. The SMILES string of the molecule is COc1ccc(C(=O)COC(=O)c2c(C)nn(Cc3ccccc3)c2Cl)cc1F. The first-order valence-electron chi connectivity index (χ1n) is 8.71. The van der Waals surface area contributed by atoms with Gasteiger partial charge in [-0.1, -0.05) is 41.9 Å². The Hall–Kier alpha value is -3.19. The van der Waals surface area contributed by atoms with Gasteiger partial charge in [-0.25, -0.2) is 13.9 Å². The highest BCUT2D eigenvalue weighted by atomic mass is 35.5. The highest BCUT2D eigenvalue weighted by Crippen LogP contribution is 2.22. The Morgan fingerprint density at radius 3 is 2.55 bits per heavy atom. The quantitative estimate of drug-likeness (QED) is 0.428. The van der Waals surface area contributed by atoms with E-state index in [1.165, 1.54) is 23.9 Å². The van der Waals surface area contributed by atoms with Crippen LogP contribution in [0.2, 0.25) is 5.15 Å². The zero-order chi connectivity index (χ0) is 21.0. The summed E-state index contributed by atoms with van der Waals surface area (Å²) < 4.78 is 25.1. The Balaban J connectivity index is 1.69. The number of aryl methyl sites for hydroxylation is 1. The fraction of sp³-hybridized carbons (Fsp3) is 0.190. The van der Waals surface area contributed by atoms with Gasteiger partial charge in [0.2, 0.25) is 0 Å². The number of ether oxygens (including phenoxy) is 2. The van der Waals surface area contributed by atoms with Crippen LogP contribution in [0.25, 0.3) is 0 Å². The van der Waals surface area contributed by atoms with E-state index in [0.29, 0.717) is 12.2 Å². The Morgan fingerprint density at radius 1 is 1.17 bits per heavy atom. The number of carbonyl (C=O) groups is 2. The first-order chi connectivity index (χ1) is 13.9. The van der Waals surface area contributed by atoms with Gasteiger partial charge in [0.25, 0.3) is 0 Å². The van der Waals surface area contributed by atoms with E-state index in [4.69, 9.17) is 21.1 Å². The molecule has 0 unspecified atom stereocenters. The lowest BCUT2D eigenvalue weighted by Crippen LogP contribution is -2.15. The second-order valence-corrected chi connectivity index (χ2v) is 6.60. The van der Waals surface area contributed by atoms with Gasteiger partial charge in [0.05, 0.1) is 19.3 Å². The normalized spacial score (nSPS) is 10.6. The molecule has 0 saturated heterocycles. The van der Waals surface area contributed by atoms with Gasteiger partial charge in [-0.15, -0.1) is 0 Å². The Labute approximate surface area is 171 Å². The Kier molecular flexibility index (Phi) is 6.29. The van der Waals surface area contributed by atoms with E-state index in [-0.39, 0.29) is 22.0 Å². The van der Waals surface area contributed by atoms with Crippen LogP contribution in [0, 0.1) is 12.7 Å². The number of aromatic nitrogens is 2. The van der Waals surface area contributed by atoms with Gasteiger partial charge >= 0.3 is 5.97 Å². The number of carbonyl (C=O) groups excluding carboxylic acids is 2. The third kappa shape index (κ3) is 4.63. The zero-order valence-electron chi connectivity index (χ0n) is 15.8. The van der Waals surface area contributed by atoms with Crippen molar-refractivity contribution in [1.82, 2.24) is 9.78 Å². The molecule has 150 valence electrons. The highest BCUT2D eigenvalue weighted by Gasteiger charge is 2.23. The van der Waals surface area contributed by atoms with Gasteiger partial charge < -0.3 is 9.47 Å². The lowest BCUT2D eigenvalue weighted by molar-refractivity contribution is 0.0474. The van der Waals surface area contributed by atoms with E-state index < -0.39 is 24.2 Å². The van der Waals surface area contributed by atoms with Gasteiger partial charge in [-0.05, 0) is 30.7 Å². The Bertz CT molecular complexity index is 1050. The smallest absolute Gasteiger partial charge is 0.343 e. The Morgan fingerprint density at radius 2 is 1.90 bits per heavy atom. The van der Waals surface area contributed by atoms with Crippen molar-refractivity contribution in [2.45, 2.75) is 13.5 Å². The molecule has 0 amide bonds. The summed E-state index contributed by atoms with van der Waals surface area (Å²) in [5, 5.41) is 4.40. The largest absolute Gasteiger partial charge is 0.494 e. The van der Waals surface area contributed by atoms with Crippen LogP contribution in [0.4, 0.5) is 4.39 Å². The van der Waals surface area contributed by atoms with E-state index in [0.717, 1.165) is 11.6 Å². The molecule has 6 nitrogen and oxygen atoms in total. The van der Waals surface area contributed by atoms with E-state index in [1.54, 1.807) is 6.92 Å². The molecule has 0 bridgehead atoms. The average Bonchev–Trinajstić information content (AvgIpc) is 2.99. The van der Waals surface area contributed by atoms with Gasteiger partial charge in [0, 0.05) is 5.56 Å². The minimum atomic E-state index is -0.769. The van der Waals surface area contributed by atoms with Crippen LogP contribution in [-0.4, -0.2) is 35.2 Å². The summed E-state index contributed by atoms with van der Waals surface area (Å²) in [5.41, 5.74) is 1.52. The standard InChI is InChI=1S/C21H18ClFN2O4/c1-13-19(20(22)25(24-13)11-14-6-4-3-5-7-14)21(27)29-12-17(26)15-8-9-18(28-2)16(23)10-15/h3-10H,11-12H2,1-2H3. The molecule has 0 radical (unpaired) electrons. The summed E-state index contributed by atoms with van der Waals surface area (Å²) in [7, 11) is 1.33. The number of benzene rings is 2. The van der Waals surface area contributed by atoms with Crippen molar-refractivity contribution in [3.63, 3.8) is 0 Å². The molecule has 0 aliphatic carbocycles. The first-order valence-corrected chi connectivity index (χ1v) is 9.09. The molecule has 3 aromatic rings. The predicted molar refractivity (Wildman–Crippen MR) is 105 cm³/mol. The van der Waals surface area contributed by atoms with Crippen LogP contribution in [0.5, 0.6) is 5.75 Å². The van der Waals surface area contributed by atoms with Gasteiger partial charge in [0.15, 0.2) is 24.0 Å². The molecule has 1 aromatic heterocycles. The molecule has 8 heteroatoms. The van der Waals surface area contributed by atoms with E-state index in [9.17, 15) is 14.0 Å². The van der Waals surface area contributed by atoms with Crippen molar-refractivity contribution in [1.29, 1.82) is 0 Å². The number of nitrogens with zero attached hydrogens (tertiary/aromatic N) is 2. The molecular weight excluding hydrogens is 399 g/mol. The van der Waals surface area contributed by atoms with E-state index >= 15 is 0 Å². The van der Waals surface area contributed by atoms with Crippen LogP contribution >= 0.6 is 11.6 Å².